The van der Waals surface area contributed by atoms with Crippen LogP contribution in [0.3, 0.4) is 0 Å². The molecule has 0 saturated heterocycles. The molecule has 0 aromatic heterocycles. The Bertz CT molecular complexity index is 447. The molecule has 0 heterocycles. The molecule has 86 valence electrons. The summed E-state index contributed by atoms with van der Waals surface area (Å²) in [6, 6.07) is 2.14. The van der Waals surface area contributed by atoms with Crippen molar-refractivity contribution in [3.8, 4) is 0 Å². The molecule has 0 aliphatic carbocycles. The van der Waals surface area contributed by atoms with Gasteiger partial charge in [-0.15, -0.1) is 0 Å². The summed E-state index contributed by atoms with van der Waals surface area (Å²) in [6.45, 7) is 2.57. The number of halogens is 3. The van der Waals surface area contributed by atoms with Crippen molar-refractivity contribution in [3.05, 3.63) is 34.4 Å². The maximum Gasteiger partial charge on any atom is 0.417 e. The number of hydrogen-bond donors (Lipinski definition) is 0. The summed E-state index contributed by atoms with van der Waals surface area (Å²) >= 11 is 0. The quantitative estimate of drug-likeness (QED) is 0.578. The van der Waals surface area contributed by atoms with Crippen LogP contribution in [0.2, 0.25) is 0 Å². The fourth-order valence-corrected chi connectivity index (χ4v) is 1.45. The molecule has 1 aromatic carbocycles. The number of hydrogen-bond acceptors (Lipinski definition) is 2. The minimum absolute atomic E-state index is 0.0684. The average Bonchev–Trinajstić information content (AvgIpc) is 2.14. The van der Waals surface area contributed by atoms with Crippen LogP contribution in [0.15, 0.2) is 12.1 Å². The second-order valence-corrected chi connectivity index (χ2v) is 3.45. The van der Waals surface area contributed by atoms with Gasteiger partial charge in [0, 0.05) is 11.1 Å². The summed E-state index contributed by atoms with van der Waals surface area (Å²) in [4.78, 5) is 21.8. The Hall–Kier alpha value is -1.65. The highest BCUT2D eigenvalue weighted by molar-refractivity contribution is 6.02. The lowest BCUT2D eigenvalue weighted by molar-refractivity contribution is -0.137. The molecule has 0 N–H and O–H groups in total. The van der Waals surface area contributed by atoms with Gasteiger partial charge < -0.3 is 0 Å². The number of Topliss-reactive ketones (excluding diaryl/α,β-unsaturated/α-hetero) is 1. The third-order valence-corrected chi connectivity index (χ3v) is 2.13. The standard InChI is InChI=1S/C11H9F3O2/c1-6-3-8(7(2)16)9(5-15)10(4-6)11(12,13)14/h3-5H,1-2H3. The third-order valence-electron chi connectivity index (χ3n) is 2.13. The van der Waals surface area contributed by atoms with Crippen LogP contribution >= 0.6 is 0 Å². The zero-order valence-corrected chi connectivity index (χ0v) is 8.68. The molecule has 0 spiro atoms. The Balaban J connectivity index is 3.61. The van der Waals surface area contributed by atoms with Crippen LogP contribution in [0.1, 0.15) is 38.8 Å². The van der Waals surface area contributed by atoms with Crippen molar-refractivity contribution in [1.29, 1.82) is 0 Å². The van der Waals surface area contributed by atoms with Gasteiger partial charge in [-0.2, -0.15) is 13.2 Å². The first-order valence-electron chi connectivity index (χ1n) is 4.45. The molecule has 0 aliphatic heterocycles. The van der Waals surface area contributed by atoms with E-state index in [2.05, 4.69) is 0 Å². The van der Waals surface area contributed by atoms with E-state index in [9.17, 15) is 22.8 Å². The number of carbonyl (C=O) groups excluding carboxylic acids is 2. The molecule has 0 unspecified atom stereocenters. The lowest BCUT2D eigenvalue weighted by Gasteiger charge is -2.13. The van der Waals surface area contributed by atoms with E-state index in [0.29, 0.717) is 5.56 Å². The number of ketones is 1. The highest BCUT2D eigenvalue weighted by Gasteiger charge is 2.35. The summed E-state index contributed by atoms with van der Waals surface area (Å²) in [5.74, 6) is -0.559. The van der Waals surface area contributed by atoms with Gasteiger partial charge in [0.25, 0.3) is 0 Å². The van der Waals surface area contributed by atoms with Crippen molar-refractivity contribution in [2.75, 3.05) is 0 Å². The number of rotatable bonds is 2. The lowest BCUT2D eigenvalue weighted by atomic mass is 9.96. The molecule has 0 bridgehead atoms. The maximum atomic E-state index is 12.6. The highest BCUT2D eigenvalue weighted by Crippen LogP contribution is 2.33. The molecular weight excluding hydrogens is 221 g/mol. The molecular formula is C11H9F3O2. The first kappa shape index (κ1) is 12.4. The van der Waals surface area contributed by atoms with Gasteiger partial charge in [-0.3, -0.25) is 9.59 Å². The molecule has 0 amide bonds. The van der Waals surface area contributed by atoms with E-state index in [1.54, 1.807) is 0 Å². The lowest BCUT2D eigenvalue weighted by Crippen LogP contribution is -2.13. The SMILES string of the molecule is CC(=O)c1cc(C)cc(C(F)(F)F)c1C=O. The van der Waals surface area contributed by atoms with E-state index in [1.807, 2.05) is 0 Å². The van der Waals surface area contributed by atoms with Crippen LogP contribution < -0.4 is 0 Å². The van der Waals surface area contributed by atoms with Gasteiger partial charge in [0.15, 0.2) is 12.1 Å². The molecule has 0 atom stereocenters. The minimum atomic E-state index is -4.63. The first-order chi connectivity index (χ1) is 7.27. The number of alkyl halides is 3. The van der Waals surface area contributed by atoms with E-state index in [-0.39, 0.29) is 11.8 Å². The van der Waals surface area contributed by atoms with Crippen molar-refractivity contribution in [2.24, 2.45) is 0 Å². The Kier molecular flexibility index (Phi) is 3.16. The van der Waals surface area contributed by atoms with Crippen molar-refractivity contribution in [2.45, 2.75) is 20.0 Å². The fraction of sp³-hybridized carbons (Fsp3) is 0.273. The van der Waals surface area contributed by atoms with Crippen molar-refractivity contribution < 1.29 is 22.8 Å². The van der Waals surface area contributed by atoms with Crippen LogP contribution in [0.25, 0.3) is 0 Å². The van der Waals surface area contributed by atoms with Crippen LogP contribution in [0.5, 0.6) is 0 Å². The molecule has 16 heavy (non-hydrogen) atoms. The first-order valence-corrected chi connectivity index (χ1v) is 4.45. The zero-order chi connectivity index (χ0) is 12.5. The van der Waals surface area contributed by atoms with Crippen LogP contribution in [-0.2, 0) is 6.18 Å². The molecule has 0 radical (unpaired) electrons. The molecule has 1 aromatic rings. The second kappa shape index (κ2) is 4.08. The van der Waals surface area contributed by atoms with Crippen LogP contribution in [0, 0.1) is 6.92 Å². The van der Waals surface area contributed by atoms with Gasteiger partial charge in [-0.25, -0.2) is 0 Å². The largest absolute Gasteiger partial charge is 0.417 e. The molecule has 2 nitrogen and oxygen atoms in total. The summed E-state index contributed by atoms with van der Waals surface area (Å²) in [7, 11) is 0. The number of aryl methyl sites for hydroxylation is 1. The zero-order valence-electron chi connectivity index (χ0n) is 8.68. The number of aldehydes is 1. The average molecular weight is 230 g/mol. The predicted octanol–water partition coefficient (Wildman–Crippen LogP) is 3.03. The number of carbonyl (C=O) groups is 2. The van der Waals surface area contributed by atoms with E-state index in [4.69, 9.17) is 0 Å². The van der Waals surface area contributed by atoms with Gasteiger partial charge in [0.2, 0.25) is 0 Å². The molecule has 1 rings (SSSR count). The van der Waals surface area contributed by atoms with E-state index in [0.717, 1.165) is 13.0 Å². The van der Waals surface area contributed by atoms with Crippen molar-refractivity contribution in [3.63, 3.8) is 0 Å². The van der Waals surface area contributed by atoms with Crippen LogP contribution in [-0.4, -0.2) is 12.1 Å². The molecule has 0 aliphatic rings. The van der Waals surface area contributed by atoms with Crippen LogP contribution in [0.4, 0.5) is 13.2 Å². The smallest absolute Gasteiger partial charge is 0.298 e. The Morgan fingerprint density at radius 1 is 1.31 bits per heavy atom. The summed E-state index contributed by atoms with van der Waals surface area (Å²) in [6.07, 6.45) is -4.56. The Morgan fingerprint density at radius 2 is 1.88 bits per heavy atom. The van der Waals surface area contributed by atoms with Crippen molar-refractivity contribution in [1.82, 2.24) is 0 Å². The van der Waals surface area contributed by atoms with Gasteiger partial charge in [-0.1, -0.05) is 0 Å². The van der Waals surface area contributed by atoms with Gasteiger partial charge >= 0.3 is 6.18 Å². The summed E-state index contributed by atoms with van der Waals surface area (Å²) in [5.41, 5.74) is -1.55. The summed E-state index contributed by atoms with van der Waals surface area (Å²) in [5, 5.41) is 0. The topological polar surface area (TPSA) is 34.1 Å². The van der Waals surface area contributed by atoms with Gasteiger partial charge in [0.05, 0.1) is 5.56 Å². The van der Waals surface area contributed by atoms with E-state index >= 15 is 0 Å². The van der Waals surface area contributed by atoms with Gasteiger partial charge in [-0.05, 0) is 31.5 Å². The molecule has 5 heteroatoms. The second-order valence-electron chi connectivity index (χ2n) is 3.45. The van der Waals surface area contributed by atoms with E-state index < -0.39 is 23.1 Å². The highest BCUT2D eigenvalue weighted by atomic mass is 19.4. The van der Waals surface area contributed by atoms with Crippen molar-refractivity contribution >= 4 is 12.1 Å². The number of benzene rings is 1. The maximum absolute atomic E-state index is 12.6. The predicted molar refractivity (Wildman–Crippen MR) is 51.6 cm³/mol. The Labute approximate surface area is 90.1 Å². The minimum Gasteiger partial charge on any atom is -0.298 e. The Morgan fingerprint density at radius 3 is 2.25 bits per heavy atom. The van der Waals surface area contributed by atoms with Gasteiger partial charge in [0.1, 0.15) is 0 Å². The summed E-state index contributed by atoms with van der Waals surface area (Å²) < 4.78 is 37.8. The normalized spacial score (nSPS) is 11.3. The monoisotopic (exact) mass is 230 g/mol. The van der Waals surface area contributed by atoms with E-state index in [1.165, 1.54) is 13.0 Å². The molecule has 0 fully saturated rings. The third kappa shape index (κ3) is 2.29. The fourth-order valence-electron chi connectivity index (χ4n) is 1.45. The molecule has 0 saturated carbocycles.